The first-order valence-corrected chi connectivity index (χ1v) is 7.45. The molecule has 2 aliphatic heterocycles. The molecule has 0 radical (unpaired) electrons. The van der Waals surface area contributed by atoms with Crippen LogP contribution in [-0.2, 0) is 4.74 Å². The molecule has 2 bridgehead atoms. The zero-order chi connectivity index (χ0) is 16.2. The Labute approximate surface area is 131 Å². The van der Waals surface area contributed by atoms with Gasteiger partial charge in [-0.25, -0.2) is 4.79 Å². The minimum absolute atomic E-state index is 0.155. The fourth-order valence-electron chi connectivity index (χ4n) is 3.32. The number of nitrogens with two attached hydrogens (primary N) is 1. The SMILES string of the molecule is CC[C@@]12CN(C(N)=S)[C@@H]([C@H](n3cc(C)c(=O)[nH]c3=O)O1)[C@@H]2O. The fraction of sp³-hybridized carbons (Fsp3) is 0.615. The molecule has 0 amide bonds. The molecule has 3 heterocycles. The number of hydrogen-bond donors (Lipinski definition) is 3. The molecule has 22 heavy (non-hydrogen) atoms. The van der Waals surface area contributed by atoms with E-state index in [2.05, 4.69) is 4.98 Å². The lowest BCUT2D eigenvalue weighted by Crippen LogP contribution is -2.52. The van der Waals surface area contributed by atoms with Gasteiger partial charge in [0, 0.05) is 11.8 Å². The summed E-state index contributed by atoms with van der Waals surface area (Å²) in [5.41, 5.74) is 4.27. The Morgan fingerprint density at radius 3 is 2.86 bits per heavy atom. The Kier molecular flexibility index (Phi) is 3.38. The van der Waals surface area contributed by atoms with Crippen molar-refractivity contribution < 1.29 is 9.84 Å². The molecule has 0 saturated carbocycles. The van der Waals surface area contributed by atoms with Crippen molar-refractivity contribution in [3.05, 3.63) is 32.6 Å². The van der Waals surface area contributed by atoms with Gasteiger partial charge in [0.05, 0.1) is 6.54 Å². The van der Waals surface area contributed by atoms with Crippen molar-refractivity contribution in [2.45, 2.75) is 44.2 Å². The van der Waals surface area contributed by atoms with E-state index < -0.39 is 35.2 Å². The lowest BCUT2D eigenvalue weighted by Gasteiger charge is -2.37. The minimum atomic E-state index is -0.817. The highest BCUT2D eigenvalue weighted by atomic mass is 32.1. The molecule has 0 aliphatic carbocycles. The molecule has 1 aromatic rings. The average molecular weight is 326 g/mol. The second kappa shape index (κ2) is 4.90. The van der Waals surface area contributed by atoms with E-state index in [0.29, 0.717) is 18.5 Å². The number of morpholine rings is 1. The molecule has 3 rings (SSSR count). The van der Waals surface area contributed by atoms with E-state index in [9.17, 15) is 14.7 Å². The summed E-state index contributed by atoms with van der Waals surface area (Å²) in [5.74, 6) is 0. The molecule has 2 fully saturated rings. The summed E-state index contributed by atoms with van der Waals surface area (Å²) in [4.78, 5) is 27.5. The number of nitrogens with one attached hydrogen (secondary N) is 1. The topological polar surface area (TPSA) is 114 Å². The maximum atomic E-state index is 12.1. The highest BCUT2D eigenvalue weighted by Gasteiger charge is 2.63. The van der Waals surface area contributed by atoms with Gasteiger partial charge in [-0.3, -0.25) is 14.3 Å². The van der Waals surface area contributed by atoms with Crippen molar-refractivity contribution in [1.29, 1.82) is 0 Å². The summed E-state index contributed by atoms with van der Waals surface area (Å²) >= 11 is 5.04. The number of aromatic amines is 1. The third-order valence-corrected chi connectivity index (χ3v) is 4.84. The van der Waals surface area contributed by atoms with Gasteiger partial charge >= 0.3 is 5.69 Å². The molecular weight excluding hydrogens is 308 g/mol. The Morgan fingerprint density at radius 2 is 2.32 bits per heavy atom. The lowest BCUT2D eigenvalue weighted by atomic mass is 9.96. The number of ether oxygens (including phenoxy) is 1. The number of H-pyrrole nitrogens is 1. The maximum absolute atomic E-state index is 12.1. The molecule has 4 atom stereocenters. The highest BCUT2D eigenvalue weighted by molar-refractivity contribution is 7.80. The van der Waals surface area contributed by atoms with E-state index in [1.807, 2.05) is 6.92 Å². The quantitative estimate of drug-likeness (QED) is 0.586. The van der Waals surface area contributed by atoms with Gasteiger partial charge in [-0.1, -0.05) is 6.92 Å². The van der Waals surface area contributed by atoms with Crippen molar-refractivity contribution in [2.24, 2.45) is 5.73 Å². The molecule has 2 aliphatic rings. The van der Waals surface area contributed by atoms with Crippen LogP contribution in [0.4, 0.5) is 0 Å². The molecule has 0 spiro atoms. The summed E-state index contributed by atoms with van der Waals surface area (Å²) in [7, 11) is 0. The first-order valence-electron chi connectivity index (χ1n) is 7.05. The van der Waals surface area contributed by atoms with Crippen molar-refractivity contribution in [2.75, 3.05) is 6.54 Å². The Morgan fingerprint density at radius 1 is 1.64 bits per heavy atom. The number of rotatable bonds is 2. The third-order valence-electron chi connectivity index (χ3n) is 4.61. The van der Waals surface area contributed by atoms with Gasteiger partial charge in [-0.05, 0) is 25.6 Å². The van der Waals surface area contributed by atoms with Crippen LogP contribution in [0.5, 0.6) is 0 Å². The number of nitrogens with zero attached hydrogens (tertiary/aromatic N) is 2. The summed E-state index contributed by atoms with van der Waals surface area (Å²) in [6.45, 7) is 3.88. The van der Waals surface area contributed by atoms with Crippen LogP contribution in [0, 0.1) is 6.92 Å². The fourth-order valence-corrected chi connectivity index (χ4v) is 3.51. The number of likely N-dealkylation sites (tertiary alicyclic amines) is 1. The highest BCUT2D eigenvalue weighted by Crippen LogP contribution is 2.47. The molecular formula is C13H18N4O4S. The van der Waals surface area contributed by atoms with Gasteiger partial charge in [0.25, 0.3) is 5.56 Å². The molecule has 0 unspecified atom stereocenters. The van der Waals surface area contributed by atoms with E-state index in [1.165, 1.54) is 10.8 Å². The monoisotopic (exact) mass is 326 g/mol. The van der Waals surface area contributed by atoms with Crippen molar-refractivity contribution in [3.63, 3.8) is 0 Å². The average Bonchev–Trinajstić information content (AvgIpc) is 2.91. The predicted molar refractivity (Wildman–Crippen MR) is 82.5 cm³/mol. The van der Waals surface area contributed by atoms with Gasteiger partial charge in [-0.2, -0.15) is 0 Å². The van der Waals surface area contributed by atoms with Crippen LogP contribution in [0.1, 0.15) is 25.1 Å². The molecule has 120 valence electrons. The number of hydrogen-bond acceptors (Lipinski definition) is 5. The maximum Gasteiger partial charge on any atom is 0.330 e. The van der Waals surface area contributed by atoms with Crippen molar-refractivity contribution in [1.82, 2.24) is 14.5 Å². The molecule has 9 heteroatoms. The molecule has 4 N–H and O–H groups in total. The zero-order valence-electron chi connectivity index (χ0n) is 12.3. The minimum Gasteiger partial charge on any atom is -0.388 e. The molecule has 1 aromatic heterocycles. The number of thiocarbonyl (C=S) groups is 1. The van der Waals surface area contributed by atoms with Crippen molar-refractivity contribution in [3.8, 4) is 0 Å². The molecule has 2 saturated heterocycles. The number of fused-ring (bicyclic) bond motifs is 2. The number of aromatic nitrogens is 2. The summed E-state index contributed by atoms with van der Waals surface area (Å²) < 4.78 is 7.27. The van der Waals surface area contributed by atoms with E-state index in [4.69, 9.17) is 22.7 Å². The predicted octanol–water partition coefficient (Wildman–Crippen LogP) is -1.19. The first kappa shape index (κ1) is 15.2. The van der Waals surface area contributed by atoms with Crippen LogP contribution in [0.25, 0.3) is 0 Å². The Balaban J connectivity index is 2.10. The summed E-state index contributed by atoms with van der Waals surface area (Å²) in [6, 6.07) is -0.555. The van der Waals surface area contributed by atoms with Gasteiger partial charge in [0.2, 0.25) is 0 Å². The summed E-state index contributed by atoms with van der Waals surface area (Å²) in [5, 5.41) is 10.7. The van der Waals surface area contributed by atoms with Crippen LogP contribution in [0.15, 0.2) is 15.8 Å². The molecule has 0 aromatic carbocycles. The van der Waals surface area contributed by atoms with Gasteiger partial charge in [-0.15, -0.1) is 0 Å². The van der Waals surface area contributed by atoms with E-state index in [-0.39, 0.29) is 5.11 Å². The smallest absolute Gasteiger partial charge is 0.330 e. The lowest BCUT2D eigenvalue weighted by molar-refractivity contribution is -0.128. The van der Waals surface area contributed by atoms with E-state index in [1.54, 1.807) is 11.8 Å². The largest absolute Gasteiger partial charge is 0.388 e. The van der Waals surface area contributed by atoms with Gasteiger partial charge in [0.15, 0.2) is 11.3 Å². The van der Waals surface area contributed by atoms with Crippen LogP contribution < -0.4 is 17.0 Å². The van der Waals surface area contributed by atoms with Crippen LogP contribution in [0.3, 0.4) is 0 Å². The second-order valence-electron chi connectivity index (χ2n) is 5.81. The number of aliphatic hydroxyl groups excluding tert-OH is 1. The van der Waals surface area contributed by atoms with Crippen LogP contribution in [-0.4, -0.2) is 49.0 Å². The standard InChI is InChI=1S/C13H18N4O4S/c1-3-13-5-17(11(14)22)7(8(13)18)10(21-13)16-4-6(2)9(19)15-12(16)20/h4,7-8,10,18H,3,5H2,1-2H3,(H2,14,22)(H,15,19,20)/t7-,8+,10-,13+/m1/s1. The first-order chi connectivity index (χ1) is 10.3. The van der Waals surface area contributed by atoms with E-state index >= 15 is 0 Å². The number of aryl methyl sites for hydroxylation is 1. The third kappa shape index (κ3) is 1.93. The molecule has 8 nitrogen and oxygen atoms in total. The van der Waals surface area contributed by atoms with Crippen LogP contribution in [0.2, 0.25) is 0 Å². The number of aliphatic hydroxyl groups is 1. The summed E-state index contributed by atoms with van der Waals surface area (Å²) in [6.07, 6.45) is 0.411. The van der Waals surface area contributed by atoms with Gasteiger partial charge in [0.1, 0.15) is 17.7 Å². The van der Waals surface area contributed by atoms with Crippen LogP contribution >= 0.6 is 12.2 Å². The van der Waals surface area contributed by atoms with E-state index in [0.717, 1.165) is 0 Å². The zero-order valence-corrected chi connectivity index (χ0v) is 13.1. The Hall–Kier alpha value is -1.71. The second-order valence-corrected chi connectivity index (χ2v) is 6.23. The Bertz CT molecular complexity index is 744. The van der Waals surface area contributed by atoms with Gasteiger partial charge < -0.3 is 20.5 Å². The van der Waals surface area contributed by atoms with Crippen molar-refractivity contribution >= 4 is 17.3 Å². The normalized spacial score (nSPS) is 33.4.